The minimum absolute atomic E-state index is 0.0114. The van der Waals surface area contributed by atoms with E-state index in [-0.39, 0.29) is 76.1 Å². The van der Waals surface area contributed by atoms with Gasteiger partial charge in [-0.15, -0.1) is 0 Å². The monoisotopic (exact) mass is 1580 g/mol. The Kier molecular flexibility index (Phi) is 25.3. The van der Waals surface area contributed by atoms with Crippen molar-refractivity contribution in [3.8, 4) is 57.1 Å². The van der Waals surface area contributed by atoms with Gasteiger partial charge in [0.05, 0.1) is 48.5 Å². The molecule has 0 aromatic heterocycles. The molecule has 36 nitrogen and oxygen atoms in total. The third-order valence-corrected chi connectivity index (χ3v) is 20.7. The summed E-state index contributed by atoms with van der Waals surface area (Å²) in [7, 11) is 1.48. The summed E-state index contributed by atoms with van der Waals surface area (Å²) < 4.78 is 52.0. The first-order chi connectivity index (χ1) is 52.9. The number of halogens is 1. The molecule has 23 N–H and O–H groups in total. The Morgan fingerprint density at radius 3 is 1.89 bits per heavy atom. The van der Waals surface area contributed by atoms with Crippen molar-refractivity contribution in [3.63, 3.8) is 0 Å². The number of aromatic hydroxyl groups is 3. The number of ether oxygens (including phenoxy) is 8. The van der Waals surface area contributed by atoms with Crippen LogP contribution >= 0.6 is 11.6 Å². The van der Waals surface area contributed by atoms with Crippen LogP contribution in [0.5, 0.6) is 46.0 Å². The number of aliphatic hydroxyl groups is 6. The Morgan fingerprint density at radius 1 is 0.679 bits per heavy atom. The zero-order valence-electron chi connectivity index (χ0n) is 62.1. The quantitative estimate of drug-likeness (QED) is 0.0605. The third kappa shape index (κ3) is 17.9. The molecule has 22 atom stereocenters. The number of primary amides is 1. The predicted molar refractivity (Wildman–Crippen MR) is 392 cm³/mol. The Balaban J connectivity index is 1.18. The zero-order chi connectivity index (χ0) is 81.4. The number of carbonyl (C=O) groups is 8. The molecular formula is C75H94ClN11O25. The predicted octanol–water partition coefficient (Wildman–Crippen LogP) is -0.258. The van der Waals surface area contributed by atoms with Gasteiger partial charge in [0.2, 0.25) is 59.3 Å². The number of fused-ring (bicyclic) bond motifs is 15. The average Bonchev–Trinajstić information content (AvgIpc) is 0.766. The molecule has 11 bridgehead atoms. The smallest absolute Gasteiger partial charge is 0.248 e. The number of hydrogen-bond acceptors (Lipinski definition) is 28. The van der Waals surface area contributed by atoms with Crippen LogP contribution in [-0.4, -0.2) is 216 Å². The van der Waals surface area contributed by atoms with Gasteiger partial charge in [-0.2, -0.15) is 0 Å². The molecule has 0 saturated carbocycles. The number of phenolic OH excluding ortho intramolecular Hbond substituents is 3. The topological polar surface area (TPSA) is 567 Å². The van der Waals surface area contributed by atoms with E-state index in [1.165, 1.54) is 71.1 Å². The Bertz CT molecular complexity index is 4390. The zero-order valence-corrected chi connectivity index (χ0v) is 62.9. The number of rotatable bonds is 16. The number of benzene rings is 5. The highest BCUT2D eigenvalue weighted by atomic mass is 35.5. The van der Waals surface area contributed by atoms with Crippen LogP contribution in [0.25, 0.3) is 11.1 Å². The highest BCUT2D eigenvalue weighted by Gasteiger charge is 2.52. The number of nitrogens with one attached hydrogen (secondary N) is 8. The van der Waals surface area contributed by atoms with Crippen LogP contribution in [-0.2, 0) is 62.0 Å². The summed E-state index contributed by atoms with van der Waals surface area (Å²) in [6.07, 6.45) is -22.1. The molecule has 8 aliphatic rings. The highest BCUT2D eigenvalue weighted by molar-refractivity contribution is 6.32. The molecule has 8 heterocycles. The van der Waals surface area contributed by atoms with E-state index in [1.54, 1.807) is 6.92 Å². The fourth-order valence-electron chi connectivity index (χ4n) is 14.5. The van der Waals surface area contributed by atoms with Crippen molar-refractivity contribution < 1.29 is 122 Å². The number of aliphatic hydroxyl groups excluding tert-OH is 6. The molecule has 5 aromatic rings. The molecule has 8 amide bonds. The maximum Gasteiger partial charge on any atom is 0.248 e. The van der Waals surface area contributed by atoms with Crippen LogP contribution in [0.2, 0.25) is 5.02 Å². The van der Waals surface area contributed by atoms with Gasteiger partial charge in [0.15, 0.2) is 30.2 Å². The summed E-state index contributed by atoms with van der Waals surface area (Å²) in [4.78, 5) is 121. The minimum Gasteiger partial charge on any atom is -0.508 e. The van der Waals surface area contributed by atoms with Crippen molar-refractivity contribution in [3.05, 3.63) is 118 Å². The fraction of sp³-hybridized carbons (Fsp3) is 0.493. The van der Waals surface area contributed by atoms with E-state index in [0.717, 1.165) is 48.5 Å². The van der Waals surface area contributed by atoms with Gasteiger partial charge in [-0.05, 0) is 136 Å². The molecule has 3 fully saturated rings. The Morgan fingerprint density at radius 2 is 1.29 bits per heavy atom. The number of nitrogens with two attached hydrogens (primary N) is 3. The molecule has 13 rings (SSSR count). The van der Waals surface area contributed by atoms with Crippen LogP contribution < -0.4 is 73.9 Å². The lowest BCUT2D eigenvalue weighted by Crippen LogP contribution is -2.64. The number of phenols is 3. The van der Waals surface area contributed by atoms with Gasteiger partial charge in [0.1, 0.15) is 95.5 Å². The van der Waals surface area contributed by atoms with Gasteiger partial charge >= 0.3 is 0 Å². The van der Waals surface area contributed by atoms with Crippen molar-refractivity contribution in [1.29, 1.82) is 0 Å². The summed E-state index contributed by atoms with van der Waals surface area (Å²) in [6, 6.07) is 2.70. The molecule has 37 heteroatoms. The molecule has 5 aromatic carbocycles. The van der Waals surface area contributed by atoms with Crippen LogP contribution in [0.1, 0.15) is 132 Å². The van der Waals surface area contributed by atoms with Gasteiger partial charge < -0.3 is 144 Å². The lowest BCUT2D eigenvalue weighted by molar-refractivity contribution is -0.333. The van der Waals surface area contributed by atoms with E-state index in [0.29, 0.717) is 0 Å². The van der Waals surface area contributed by atoms with E-state index >= 15 is 24.0 Å². The molecule has 8 aliphatic heterocycles. The van der Waals surface area contributed by atoms with E-state index in [2.05, 4.69) is 42.5 Å². The molecule has 0 unspecified atom stereocenters. The number of amides is 8. The van der Waals surface area contributed by atoms with Crippen molar-refractivity contribution in [1.82, 2.24) is 42.5 Å². The van der Waals surface area contributed by atoms with E-state index in [9.17, 15) is 60.3 Å². The summed E-state index contributed by atoms with van der Waals surface area (Å²) in [5.74, 6) is -14.0. The second-order valence-corrected chi connectivity index (χ2v) is 30.1. The highest BCUT2D eigenvalue weighted by Crippen LogP contribution is 2.50. The van der Waals surface area contributed by atoms with Gasteiger partial charge in [0.25, 0.3) is 0 Å². The molecule has 0 radical (unpaired) electrons. The van der Waals surface area contributed by atoms with Gasteiger partial charge in [0, 0.05) is 47.7 Å². The standard InChI is InChI=1S/C75H94ClN11O25/c1-9-81-68(100)55-39-23-36(89)24-44(91)52(39)38-19-33(12-16-43(38)90)53-69(101)87-57(72(104)85-55)61(110-50-26-74(6,78)64(96)30(4)105-50)32-10-14-37(15-11-32)107-46-21-35-22-47(62(46)112-73-63(60(95)59(94)48(28-88)109-73)111-51-27-75(7,79)65(97)31(5)106-51)108-45-17-13-34(20-40(45)76)58(93)56(86-66(98)41(80-8)18-29(2)3)71(103)82-42(25-49(77)92)67(99)83-54(35)70(102)84-53/h10-17,19-24,29-31,41-42,48,50-51,53-61,63-65,73,80,88-91,93-97H,9,18,25-28,78-79H2,1-8H3,(H2,77,92)(H,81,100)(H,82,103)(H,83,99)(H,84,102)(H,85,104)(H,86,98)(H,87,101)/t30-,31-,41+,42-,48+,50-,51-,53+,54+,55-,56+,57-,58+,59+,60-,61+,63+,64-,65-,73-,74-,75-/m0/s1. The minimum atomic E-state index is -2.32. The van der Waals surface area contributed by atoms with E-state index < -0.39 is 239 Å². The van der Waals surface area contributed by atoms with Gasteiger partial charge in [-0.25, -0.2) is 0 Å². The molecule has 3 saturated heterocycles. The van der Waals surface area contributed by atoms with Crippen molar-refractivity contribution in [2.45, 2.75) is 207 Å². The van der Waals surface area contributed by atoms with Gasteiger partial charge in [-0.1, -0.05) is 49.7 Å². The van der Waals surface area contributed by atoms with Crippen molar-refractivity contribution in [2.24, 2.45) is 23.1 Å². The molecule has 0 aliphatic carbocycles. The first kappa shape index (κ1) is 83.3. The maximum atomic E-state index is 16.4. The van der Waals surface area contributed by atoms with Gasteiger partial charge in [-0.3, -0.25) is 38.4 Å². The van der Waals surface area contributed by atoms with Crippen LogP contribution in [0.4, 0.5) is 0 Å². The second kappa shape index (κ2) is 34.0. The lowest BCUT2D eigenvalue weighted by Gasteiger charge is -2.47. The summed E-state index contributed by atoms with van der Waals surface area (Å²) in [6.45, 7) is 10.3. The molecular weight excluding hydrogens is 1490 g/mol. The number of carbonyl (C=O) groups excluding carboxylic acids is 8. The second-order valence-electron chi connectivity index (χ2n) is 29.7. The van der Waals surface area contributed by atoms with E-state index in [4.69, 9.17) is 66.7 Å². The van der Waals surface area contributed by atoms with Crippen molar-refractivity contribution in [2.75, 3.05) is 20.2 Å². The normalized spacial score (nSPS) is 31.8. The average molecular weight is 1590 g/mol. The number of likely N-dealkylation sites (N-methyl/N-ethyl adjacent to an activating group) is 2. The first-order valence-corrected chi connectivity index (χ1v) is 36.7. The Hall–Kier alpha value is -9.61. The van der Waals surface area contributed by atoms with Crippen LogP contribution in [0.15, 0.2) is 84.9 Å². The maximum absolute atomic E-state index is 16.4. The molecule has 0 spiro atoms. The summed E-state index contributed by atoms with van der Waals surface area (Å²) >= 11 is 7.15. The summed E-state index contributed by atoms with van der Waals surface area (Å²) in [5.41, 5.74) is 14.3. The van der Waals surface area contributed by atoms with Crippen LogP contribution in [0, 0.1) is 5.92 Å². The third-order valence-electron chi connectivity index (χ3n) is 20.4. The largest absolute Gasteiger partial charge is 0.508 e. The Labute approximate surface area is 646 Å². The fourth-order valence-corrected chi connectivity index (χ4v) is 14.7. The summed E-state index contributed by atoms with van der Waals surface area (Å²) in [5, 5.41) is 125. The lowest BCUT2D eigenvalue weighted by atomic mass is 9.86. The van der Waals surface area contributed by atoms with E-state index in [1.807, 2.05) is 13.8 Å². The molecule has 606 valence electrons. The first-order valence-electron chi connectivity index (χ1n) is 36.3. The van der Waals surface area contributed by atoms with Crippen molar-refractivity contribution >= 4 is 58.9 Å². The van der Waals surface area contributed by atoms with Crippen LogP contribution in [0.3, 0.4) is 0 Å². The molecule has 112 heavy (non-hydrogen) atoms. The SMILES string of the molecule is CCNC(=O)[C@H]1NC(=O)[C@H]2NC(=O)[C@H](NC(=O)[C@@H]3NC(=O)[C@H](CC(N)=O)NC(=O)[C@H](NC(=O)[C@@H](CC(C)C)NC)[C@H](O)c4ccc(c(Cl)c4)Oc4cc3cc(c4O[C@@H]3O[C@H](CO)[C@@H](O)[C@H](O)[C@H]3O[C@H]3C[C@](C)(N)[C@@H](O)[C@H](C)O3)Oc3ccc(cc3)[C@H]2O[C@H]2C[C@](C)(N)[C@@H](O)[C@H](C)O2)c2ccc(O)c(c2)-c2c(O)cc(O)cc21. The number of hydrogen-bond donors (Lipinski definition) is 20.